The summed E-state index contributed by atoms with van der Waals surface area (Å²) in [5, 5.41) is 0. The molecule has 15 heavy (non-hydrogen) atoms. The highest BCUT2D eigenvalue weighted by Crippen LogP contribution is 2.16. The van der Waals surface area contributed by atoms with E-state index in [9.17, 15) is 0 Å². The summed E-state index contributed by atoms with van der Waals surface area (Å²) in [7, 11) is 0. The Balaban J connectivity index is 1.62. The third kappa shape index (κ3) is 8.88. The minimum atomic E-state index is 0.596. The van der Waals surface area contributed by atoms with Gasteiger partial charge in [-0.25, -0.2) is 0 Å². The van der Waals surface area contributed by atoms with Crippen molar-refractivity contribution >= 4 is 0 Å². The summed E-state index contributed by atoms with van der Waals surface area (Å²) in [6, 6.07) is 0. The van der Waals surface area contributed by atoms with Crippen molar-refractivity contribution < 1.29 is 9.47 Å². The van der Waals surface area contributed by atoms with Crippen molar-refractivity contribution in [2.45, 2.75) is 64.4 Å². The molecule has 0 aliphatic carbocycles. The van der Waals surface area contributed by atoms with Gasteiger partial charge < -0.3 is 9.47 Å². The molecule has 0 radical (unpaired) electrons. The summed E-state index contributed by atoms with van der Waals surface area (Å²) in [5.74, 6) is 0. The Labute approximate surface area is 94.3 Å². The minimum Gasteiger partial charge on any atom is -0.381 e. The topological polar surface area (TPSA) is 21.8 Å². The van der Waals surface area contributed by atoms with Gasteiger partial charge in [0.15, 0.2) is 0 Å². The van der Waals surface area contributed by atoms with Gasteiger partial charge in [-0.05, 0) is 25.7 Å². The quantitative estimate of drug-likeness (QED) is 0.387. The number of epoxide rings is 1. The average molecular weight is 214 g/mol. The molecule has 1 heterocycles. The molecule has 0 bridgehead atoms. The highest BCUT2D eigenvalue weighted by Gasteiger charge is 2.20. The zero-order valence-electron chi connectivity index (χ0n) is 10.2. The van der Waals surface area contributed by atoms with Gasteiger partial charge in [-0.3, -0.25) is 0 Å². The maximum atomic E-state index is 5.58. The zero-order valence-corrected chi connectivity index (χ0v) is 10.2. The highest BCUT2D eigenvalue weighted by atomic mass is 16.6. The molecule has 0 N–H and O–H groups in total. The molecular formula is C13H26O2. The van der Waals surface area contributed by atoms with E-state index in [2.05, 4.69) is 6.92 Å². The van der Waals surface area contributed by atoms with E-state index in [1.165, 1.54) is 51.4 Å². The van der Waals surface area contributed by atoms with E-state index in [4.69, 9.17) is 9.47 Å². The predicted molar refractivity (Wildman–Crippen MR) is 63.2 cm³/mol. The van der Waals surface area contributed by atoms with Gasteiger partial charge >= 0.3 is 0 Å². The summed E-state index contributed by atoms with van der Waals surface area (Å²) in [5.41, 5.74) is 0. The van der Waals surface area contributed by atoms with Crippen LogP contribution in [0.3, 0.4) is 0 Å². The Morgan fingerprint density at radius 1 is 1.00 bits per heavy atom. The number of unbranched alkanes of at least 4 members (excludes halogenated alkanes) is 5. The Morgan fingerprint density at radius 3 is 2.33 bits per heavy atom. The number of rotatable bonds is 11. The largest absolute Gasteiger partial charge is 0.381 e. The van der Waals surface area contributed by atoms with Crippen LogP contribution in [0.1, 0.15) is 58.3 Å². The Kier molecular flexibility index (Phi) is 7.94. The lowest BCUT2D eigenvalue weighted by atomic mass is 10.2. The summed E-state index contributed by atoms with van der Waals surface area (Å²) < 4.78 is 10.7. The van der Waals surface area contributed by atoms with Crippen LogP contribution in [-0.2, 0) is 9.47 Å². The maximum Gasteiger partial charge on any atom is 0.0810 e. The SMILES string of the molecule is CCCCCCCOCCCCC1CO1. The normalized spacial score (nSPS) is 19.4. The lowest BCUT2D eigenvalue weighted by Crippen LogP contribution is -1.98. The standard InChI is InChI=1S/C13H26O2/c1-2-3-4-5-7-10-14-11-8-6-9-13-12-15-13/h13H,2-12H2,1H3. The van der Waals surface area contributed by atoms with Crippen LogP contribution in [0.2, 0.25) is 0 Å². The van der Waals surface area contributed by atoms with E-state index in [0.29, 0.717) is 6.10 Å². The van der Waals surface area contributed by atoms with Crippen molar-refractivity contribution in [1.29, 1.82) is 0 Å². The molecule has 1 rings (SSSR count). The molecule has 0 saturated carbocycles. The van der Waals surface area contributed by atoms with Crippen LogP contribution >= 0.6 is 0 Å². The molecule has 0 aromatic carbocycles. The summed E-state index contributed by atoms with van der Waals surface area (Å²) in [6.45, 7) is 5.16. The van der Waals surface area contributed by atoms with E-state index in [0.717, 1.165) is 19.8 Å². The van der Waals surface area contributed by atoms with Crippen molar-refractivity contribution in [2.24, 2.45) is 0 Å². The van der Waals surface area contributed by atoms with Gasteiger partial charge in [-0.1, -0.05) is 32.6 Å². The van der Waals surface area contributed by atoms with Crippen LogP contribution in [0, 0.1) is 0 Å². The predicted octanol–water partition coefficient (Wildman–Crippen LogP) is 3.54. The van der Waals surface area contributed by atoms with Gasteiger partial charge in [-0.2, -0.15) is 0 Å². The van der Waals surface area contributed by atoms with Gasteiger partial charge in [0.1, 0.15) is 0 Å². The van der Waals surface area contributed by atoms with Crippen LogP contribution in [0.5, 0.6) is 0 Å². The molecule has 1 unspecified atom stereocenters. The maximum absolute atomic E-state index is 5.58. The second kappa shape index (κ2) is 9.17. The summed E-state index contributed by atoms with van der Waals surface area (Å²) in [6.07, 6.45) is 11.0. The zero-order chi connectivity index (χ0) is 10.8. The fraction of sp³-hybridized carbons (Fsp3) is 1.00. The smallest absolute Gasteiger partial charge is 0.0810 e. The van der Waals surface area contributed by atoms with Gasteiger partial charge in [0, 0.05) is 13.2 Å². The average Bonchev–Trinajstić information content (AvgIpc) is 3.05. The molecule has 1 fully saturated rings. The van der Waals surface area contributed by atoms with E-state index in [1.807, 2.05) is 0 Å². The molecule has 2 nitrogen and oxygen atoms in total. The molecule has 1 aliphatic heterocycles. The Hall–Kier alpha value is -0.0800. The molecule has 2 heteroatoms. The number of hydrogen-bond acceptors (Lipinski definition) is 2. The van der Waals surface area contributed by atoms with Crippen LogP contribution < -0.4 is 0 Å². The fourth-order valence-electron chi connectivity index (χ4n) is 1.72. The van der Waals surface area contributed by atoms with E-state index < -0.39 is 0 Å². The second-order valence-corrected chi connectivity index (χ2v) is 4.48. The van der Waals surface area contributed by atoms with Crippen molar-refractivity contribution in [3.63, 3.8) is 0 Å². The number of hydrogen-bond donors (Lipinski definition) is 0. The second-order valence-electron chi connectivity index (χ2n) is 4.48. The number of ether oxygens (including phenoxy) is 2. The van der Waals surface area contributed by atoms with Gasteiger partial charge in [0.05, 0.1) is 12.7 Å². The third-order valence-corrected chi connectivity index (χ3v) is 2.86. The molecule has 0 aromatic rings. The lowest BCUT2D eigenvalue weighted by molar-refractivity contribution is 0.125. The first-order valence-electron chi connectivity index (χ1n) is 6.63. The van der Waals surface area contributed by atoms with Crippen molar-refractivity contribution in [3.05, 3.63) is 0 Å². The molecule has 1 aliphatic rings. The van der Waals surface area contributed by atoms with Crippen LogP contribution in [-0.4, -0.2) is 25.9 Å². The van der Waals surface area contributed by atoms with Crippen LogP contribution in [0.15, 0.2) is 0 Å². The highest BCUT2D eigenvalue weighted by molar-refractivity contribution is 4.67. The molecule has 0 aromatic heterocycles. The summed E-state index contributed by atoms with van der Waals surface area (Å²) in [4.78, 5) is 0. The summed E-state index contributed by atoms with van der Waals surface area (Å²) >= 11 is 0. The fourth-order valence-corrected chi connectivity index (χ4v) is 1.72. The Bertz CT molecular complexity index is 132. The molecular weight excluding hydrogens is 188 g/mol. The van der Waals surface area contributed by atoms with Gasteiger partial charge in [-0.15, -0.1) is 0 Å². The first-order valence-corrected chi connectivity index (χ1v) is 6.63. The van der Waals surface area contributed by atoms with Crippen molar-refractivity contribution in [3.8, 4) is 0 Å². The lowest BCUT2D eigenvalue weighted by Gasteiger charge is -2.03. The minimum absolute atomic E-state index is 0.596. The van der Waals surface area contributed by atoms with Crippen LogP contribution in [0.25, 0.3) is 0 Å². The van der Waals surface area contributed by atoms with E-state index in [-0.39, 0.29) is 0 Å². The van der Waals surface area contributed by atoms with Gasteiger partial charge in [0.25, 0.3) is 0 Å². The molecule has 0 amide bonds. The van der Waals surface area contributed by atoms with Crippen LogP contribution in [0.4, 0.5) is 0 Å². The Morgan fingerprint density at radius 2 is 1.67 bits per heavy atom. The molecule has 1 saturated heterocycles. The molecule has 90 valence electrons. The molecule has 1 atom stereocenters. The van der Waals surface area contributed by atoms with Gasteiger partial charge in [0.2, 0.25) is 0 Å². The van der Waals surface area contributed by atoms with Crippen molar-refractivity contribution in [2.75, 3.05) is 19.8 Å². The first-order chi connectivity index (χ1) is 7.43. The van der Waals surface area contributed by atoms with E-state index in [1.54, 1.807) is 0 Å². The monoisotopic (exact) mass is 214 g/mol. The molecule has 0 spiro atoms. The van der Waals surface area contributed by atoms with E-state index >= 15 is 0 Å². The third-order valence-electron chi connectivity index (χ3n) is 2.86. The van der Waals surface area contributed by atoms with Crippen molar-refractivity contribution in [1.82, 2.24) is 0 Å². The first kappa shape index (κ1) is 13.0.